The molecule has 0 aliphatic carbocycles. The highest BCUT2D eigenvalue weighted by atomic mass is 32.2. The number of rotatable bonds is 2. The molecule has 6 heteroatoms. The van der Waals surface area contributed by atoms with Crippen LogP contribution in [-0.2, 0) is 17.8 Å². The molecule has 1 aromatic rings. The van der Waals surface area contributed by atoms with E-state index in [4.69, 9.17) is 4.99 Å². The molecule has 0 bridgehead atoms. The highest BCUT2D eigenvalue weighted by Gasteiger charge is 2.33. The number of fused-ring (bicyclic) bond motifs is 1. The molecule has 0 saturated heterocycles. The minimum atomic E-state index is -1.05. The SMILES string of the molecule is C.CC1=CC(C)=C(c2nn(C)c(S(C)=O)c2C)N2CC(C)N=C12. The molecule has 0 N–H and O–H groups in total. The van der Waals surface area contributed by atoms with E-state index in [1.807, 2.05) is 14.0 Å². The molecular weight excluding hydrogens is 308 g/mol. The van der Waals surface area contributed by atoms with Crippen LogP contribution in [0.2, 0.25) is 0 Å². The van der Waals surface area contributed by atoms with E-state index in [0.717, 1.165) is 34.4 Å². The maximum Gasteiger partial charge on any atom is 0.131 e. The molecule has 0 fully saturated rings. The lowest BCUT2D eigenvalue weighted by Crippen LogP contribution is -2.31. The van der Waals surface area contributed by atoms with Crippen LogP contribution in [0.1, 0.15) is 39.5 Å². The van der Waals surface area contributed by atoms with Crippen LogP contribution in [0.5, 0.6) is 0 Å². The maximum absolute atomic E-state index is 12.0. The molecule has 2 atom stereocenters. The Balaban J connectivity index is 0.00000192. The first-order valence-electron chi connectivity index (χ1n) is 7.43. The molecule has 0 spiro atoms. The minimum Gasteiger partial charge on any atom is -0.322 e. The highest BCUT2D eigenvalue weighted by molar-refractivity contribution is 7.84. The van der Waals surface area contributed by atoms with Crippen LogP contribution in [-0.4, -0.2) is 43.6 Å². The standard InChI is InChI=1S/C16H22N4OS.CH4/c1-9-7-10(2)15-17-11(3)8-20(15)14(9)13-12(4)16(22(6)21)19(5)18-13;/h7,11H,8H2,1-6H3;1H4. The van der Waals surface area contributed by atoms with Gasteiger partial charge < -0.3 is 4.90 Å². The molecule has 23 heavy (non-hydrogen) atoms. The largest absolute Gasteiger partial charge is 0.322 e. The van der Waals surface area contributed by atoms with E-state index in [1.165, 1.54) is 11.1 Å². The van der Waals surface area contributed by atoms with E-state index in [1.54, 1.807) is 10.9 Å². The maximum atomic E-state index is 12.0. The van der Waals surface area contributed by atoms with E-state index in [2.05, 4.69) is 36.8 Å². The van der Waals surface area contributed by atoms with Gasteiger partial charge in [-0.3, -0.25) is 13.9 Å². The Hall–Kier alpha value is -1.69. The summed E-state index contributed by atoms with van der Waals surface area (Å²) < 4.78 is 13.7. The van der Waals surface area contributed by atoms with Crippen molar-refractivity contribution >= 4 is 22.3 Å². The molecule has 2 unspecified atom stereocenters. The molecule has 0 aromatic carbocycles. The van der Waals surface area contributed by atoms with Gasteiger partial charge in [0.2, 0.25) is 0 Å². The third-order valence-electron chi connectivity index (χ3n) is 4.19. The number of hydrogen-bond donors (Lipinski definition) is 0. The van der Waals surface area contributed by atoms with Gasteiger partial charge in [-0.1, -0.05) is 13.5 Å². The topological polar surface area (TPSA) is 50.5 Å². The van der Waals surface area contributed by atoms with Crippen molar-refractivity contribution in [3.63, 3.8) is 0 Å². The number of aromatic nitrogens is 2. The number of allylic oxidation sites excluding steroid dienone is 2. The zero-order valence-electron chi connectivity index (χ0n) is 14.0. The third-order valence-corrected chi connectivity index (χ3v) is 5.31. The van der Waals surface area contributed by atoms with E-state index in [0.29, 0.717) is 0 Å². The van der Waals surface area contributed by atoms with E-state index >= 15 is 0 Å². The zero-order valence-corrected chi connectivity index (χ0v) is 14.8. The second-order valence-electron chi connectivity index (χ2n) is 6.13. The Bertz CT molecular complexity index is 770. The second kappa shape index (κ2) is 6.07. The number of amidine groups is 1. The van der Waals surface area contributed by atoms with Gasteiger partial charge in [-0.25, -0.2) is 0 Å². The normalized spacial score (nSPS) is 21.7. The van der Waals surface area contributed by atoms with Crippen LogP contribution in [0, 0.1) is 6.92 Å². The number of aliphatic imine (C=N–C) groups is 1. The first kappa shape index (κ1) is 17.7. The Kier molecular flexibility index (Phi) is 4.66. The monoisotopic (exact) mass is 334 g/mol. The first-order valence-corrected chi connectivity index (χ1v) is 8.99. The summed E-state index contributed by atoms with van der Waals surface area (Å²) in [7, 11) is 0.802. The first-order chi connectivity index (χ1) is 10.3. The molecule has 5 nitrogen and oxygen atoms in total. The predicted octanol–water partition coefficient (Wildman–Crippen LogP) is 2.90. The highest BCUT2D eigenvalue weighted by Crippen LogP contribution is 2.35. The summed E-state index contributed by atoms with van der Waals surface area (Å²) in [5.41, 5.74) is 5.37. The van der Waals surface area contributed by atoms with Crippen LogP contribution >= 0.6 is 0 Å². The van der Waals surface area contributed by atoms with Crippen molar-refractivity contribution in [2.24, 2.45) is 12.0 Å². The van der Waals surface area contributed by atoms with Crippen molar-refractivity contribution in [2.45, 2.75) is 46.2 Å². The van der Waals surface area contributed by atoms with Crippen LogP contribution in [0.4, 0.5) is 0 Å². The fraction of sp³-hybridized carbons (Fsp3) is 0.529. The van der Waals surface area contributed by atoms with E-state index in [9.17, 15) is 4.21 Å². The van der Waals surface area contributed by atoms with Gasteiger partial charge in [0.1, 0.15) is 16.6 Å². The van der Waals surface area contributed by atoms with Gasteiger partial charge in [-0.05, 0) is 38.8 Å². The van der Waals surface area contributed by atoms with Gasteiger partial charge in [-0.15, -0.1) is 0 Å². The fourth-order valence-corrected chi connectivity index (χ4v) is 4.35. The molecule has 0 radical (unpaired) electrons. The average molecular weight is 334 g/mol. The number of nitrogens with zero attached hydrogens (tertiary/aromatic N) is 4. The molecule has 0 saturated carbocycles. The van der Waals surface area contributed by atoms with Gasteiger partial charge in [0.05, 0.1) is 22.5 Å². The van der Waals surface area contributed by atoms with Gasteiger partial charge in [0.15, 0.2) is 0 Å². The quantitative estimate of drug-likeness (QED) is 0.835. The van der Waals surface area contributed by atoms with Gasteiger partial charge in [-0.2, -0.15) is 5.10 Å². The Labute approximate surface area is 141 Å². The summed E-state index contributed by atoms with van der Waals surface area (Å²) in [6.07, 6.45) is 3.87. The van der Waals surface area contributed by atoms with Gasteiger partial charge in [0, 0.05) is 25.4 Å². The molecule has 1 aromatic heterocycles. The second-order valence-corrected chi connectivity index (χ2v) is 7.42. The minimum absolute atomic E-state index is 0. The molecule has 2 aliphatic rings. The summed E-state index contributed by atoms with van der Waals surface area (Å²) in [5, 5.41) is 5.44. The lowest BCUT2D eigenvalue weighted by atomic mass is 10.0. The molecular formula is C17H26N4OS. The van der Waals surface area contributed by atoms with Crippen molar-refractivity contribution in [3.05, 3.63) is 28.5 Å². The fourth-order valence-electron chi connectivity index (χ4n) is 3.41. The van der Waals surface area contributed by atoms with Crippen molar-refractivity contribution < 1.29 is 4.21 Å². The summed E-state index contributed by atoms with van der Waals surface area (Å²) in [6.45, 7) is 9.20. The Morgan fingerprint density at radius 2 is 1.96 bits per heavy atom. The van der Waals surface area contributed by atoms with Crippen LogP contribution in [0.25, 0.3) is 5.70 Å². The predicted molar refractivity (Wildman–Crippen MR) is 97.0 cm³/mol. The number of hydrogen-bond acceptors (Lipinski definition) is 4. The molecule has 2 aliphatic heterocycles. The van der Waals surface area contributed by atoms with E-state index < -0.39 is 10.8 Å². The molecule has 3 heterocycles. The summed E-state index contributed by atoms with van der Waals surface area (Å²) in [4.78, 5) is 7.00. The van der Waals surface area contributed by atoms with Crippen molar-refractivity contribution in [3.8, 4) is 0 Å². The van der Waals surface area contributed by atoms with Crippen molar-refractivity contribution in [1.29, 1.82) is 0 Å². The van der Waals surface area contributed by atoms with Crippen molar-refractivity contribution in [2.75, 3.05) is 12.8 Å². The summed E-state index contributed by atoms with van der Waals surface area (Å²) >= 11 is 0. The van der Waals surface area contributed by atoms with Gasteiger partial charge in [0.25, 0.3) is 0 Å². The van der Waals surface area contributed by atoms with Gasteiger partial charge >= 0.3 is 0 Å². The lowest BCUT2D eigenvalue weighted by molar-refractivity contribution is 0.568. The van der Waals surface area contributed by atoms with Crippen LogP contribution in [0.3, 0.4) is 0 Å². The Morgan fingerprint density at radius 1 is 1.30 bits per heavy atom. The lowest BCUT2D eigenvalue weighted by Gasteiger charge is -2.29. The number of aryl methyl sites for hydroxylation is 1. The third kappa shape index (κ3) is 2.69. The van der Waals surface area contributed by atoms with E-state index in [-0.39, 0.29) is 13.5 Å². The summed E-state index contributed by atoms with van der Waals surface area (Å²) in [6, 6.07) is 0.281. The van der Waals surface area contributed by atoms with Crippen molar-refractivity contribution in [1.82, 2.24) is 14.7 Å². The smallest absolute Gasteiger partial charge is 0.131 e. The van der Waals surface area contributed by atoms with Crippen LogP contribution in [0.15, 0.2) is 27.2 Å². The molecule has 0 amide bonds. The molecule has 3 rings (SSSR count). The average Bonchev–Trinajstić information content (AvgIpc) is 2.91. The van der Waals surface area contributed by atoms with Crippen LogP contribution < -0.4 is 0 Å². The zero-order chi connectivity index (χ0) is 16.2. The molecule has 126 valence electrons. The Morgan fingerprint density at radius 3 is 2.52 bits per heavy atom. The summed E-state index contributed by atoms with van der Waals surface area (Å²) in [5.74, 6) is 1.04.